The molecule has 7 nitrogen and oxygen atoms in total. The zero-order valence-electron chi connectivity index (χ0n) is 16.3. The van der Waals surface area contributed by atoms with E-state index in [9.17, 15) is 19.3 Å². The van der Waals surface area contributed by atoms with Gasteiger partial charge in [-0.3, -0.25) is 14.9 Å². The number of rotatable bonds is 6. The molecule has 0 saturated heterocycles. The lowest BCUT2D eigenvalue weighted by molar-refractivity contribution is -0.384. The van der Waals surface area contributed by atoms with Crippen molar-refractivity contribution in [2.75, 3.05) is 0 Å². The highest BCUT2D eigenvalue weighted by atomic mass is 19.1. The molecule has 0 aliphatic carbocycles. The molecule has 1 aromatic heterocycles. The number of hydrogen-bond donors (Lipinski definition) is 1. The van der Waals surface area contributed by atoms with Gasteiger partial charge in [0.2, 0.25) is 0 Å². The largest absolute Gasteiger partial charge is 0.348 e. The molecule has 29 heavy (non-hydrogen) atoms. The predicted octanol–water partition coefficient (Wildman–Crippen LogP) is 4.36. The summed E-state index contributed by atoms with van der Waals surface area (Å²) in [5, 5.41) is 18.2. The van der Waals surface area contributed by atoms with Crippen LogP contribution in [0.25, 0.3) is 16.9 Å². The van der Waals surface area contributed by atoms with E-state index in [4.69, 9.17) is 0 Å². The molecule has 0 unspecified atom stereocenters. The van der Waals surface area contributed by atoms with Crippen molar-refractivity contribution in [1.29, 1.82) is 0 Å². The number of benzene rings is 2. The Balaban J connectivity index is 2.08. The van der Waals surface area contributed by atoms with Crippen LogP contribution in [0.4, 0.5) is 10.1 Å². The number of hydrogen-bond acceptors (Lipinski definition) is 4. The van der Waals surface area contributed by atoms with Crippen LogP contribution in [0, 0.1) is 21.8 Å². The van der Waals surface area contributed by atoms with Crippen molar-refractivity contribution >= 4 is 11.6 Å². The fourth-order valence-electron chi connectivity index (χ4n) is 2.70. The molecule has 150 valence electrons. The lowest BCUT2D eigenvalue weighted by Gasteiger charge is -2.17. The maximum Gasteiger partial charge on any atom is 0.270 e. The predicted molar refractivity (Wildman–Crippen MR) is 107 cm³/mol. The molecule has 1 heterocycles. The van der Waals surface area contributed by atoms with Gasteiger partial charge in [0.05, 0.1) is 16.3 Å². The number of carbonyl (C=O) groups excluding carboxylic acids is 1. The molecule has 0 spiro atoms. The van der Waals surface area contributed by atoms with Crippen molar-refractivity contribution < 1.29 is 14.1 Å². The van der Waals surface area contributed by atoms with Crippen LogP contribution in [0.15, 0.2) is 54.6 Å². The van der Waals surface area contributed by atoms with E-state index in [1.54, 1.807) is 18.2 Å². The van der Waals surface area contributed by atoms with Gasteiger partial charge in [0.15, 0.2) is 0 Å². The van der Waals surface area contributed by atoms with Crippen LogP contribution in [0.5, 0.6) is 0 Å². The minimum Gasteiger partial charge on any atom is -0.348 e. The number of amides is 1. The Morgan fingerprint density at radius 3 is 2.38 bits per heavy atom. The molecule has 2 aromatic carbocycles. The number of non-ortho nitro benzene ring substituents is 1. The Labute approximate surface area is 167 Å². The van der Waals surface area contributed by atoms with E-state index in [0.717, 1.165) is 0 Å². The quantitative estimate of drug-likeness (QED) is 0.495. The summed E-state index contributed by atoms with van der Waals surface area (Å²) in [6.45, 7) is 5.87. The second-order valence-electron chi connectivity index (χ2n) is 7.09. The first kappa shape index (κ1) is 20.2. The topological polar surface area (TPSA) is 90.1 Å². The van der Waals surface area contributed by atoms with E-state index in [2.05, 4.69) is 10.4 Å². The Morgan fingerprint density at radius 1 is 1.14 bits per heavy atom. The molecule has 1 atom stereocenters. The van der Waals surface area contributed by atoms with Gasteiger partial charge in [-0.2, -0.15) is 5.10 Å². The van der Waals surface area contributed by atoms with Gasteiger partial charge >= 0.3 is 0 Å². The number of nitro benzene ring substituents is 1. The highest BCUT2D eigenvalue weighted by Gasteiger charge is 2.21. The summed E-state index contributed by atoms with van der Waals surface area (Å²) >= 11 is 0. The minimum atomic E-state index is -0.504. The highest BCUT2D eigenvalue weighted by molar-refractivity contribution is 5.94. The Bertz CT molecular complexity index is 1040. The molecule has 3 aromatic rings. The fraction of sp³-hybridized carbons (Fsp3) is 0.238. The summed E-state index contributed by atoms with van der Waals surface area (Å²) in [5.74, 6) is -0.594. The molecular weight excluding hydrogens is 375 g/mol. The van der Waals surface area contributed by atoms with Crippen LogP contribution >= 0.6 is 0 Å². The van der Waals surface area contributed by atoms with E-state index in [1.165, 1.54) is 41.1 Å². The van der Waals surface area contributed by atoms with E-state index in [1.807, 2.05) is 20.8 Å². The summed E-state index contributed by atoms with van der Waals surface area (Å²) < 4.78 is 15.6. The third-order valence-corrected chi connectivity index (χ3v) is 4.76. The average molecular weight is 396 g/mol. The van der Waals surface area contributed by atoms with Crippen LogP contribution in [0.1, 0.15) is 31.3 Å². The van der Waals surface area contributed by atoms with Crippen molar-refractivity contribution in [1.82, 2.24) is 15.1 Å². The van der Waals surface area contributed by atoms with Crippen molar-refractivity contribution in [2.24, 2.45) is 5.92 Å². The van der Waals surface area contributed by atoms with Gasteiger partial charge in [-0.05, 0) is 43.2 Å². The van der Waals surface area contributed by atoms with E-state index in [-0.39, 0.29) is 34.8 Å². The average Bonchev–Trinajstić information content (AvgIpc) is 3.13. The number of aromatic nitrogens is 2. The molecular formula is C21H21FN4O3. The summed E-state index contributed by atoms with van der Waals surface area (Å²) in [4.78, 5) is 23.3. The van der Waals surface area contributed by atoms with Crippen LogP contribution in [0.3, 0.4) is 0 Å². The molecule has 0 aliphatic rings. The second-order valence-corrected chi connectivity index (χ2v) is 7.09. The fourth-order valence-corrected chi connectivity index (χ4v) is 2.70. The number of nitro groups is 1. The van der Waals surface area contributed by atoms with Gasteiger partial charge in [-0.1, -0.05) is 26.0 Å². The van der Waals surface area contributed by atoms with Crippen LogP contribution in [0.2, 0.25) is 0 Å². The SMILES string of the molecule is CC(C)[C@@H](C)NC(=O)c1cc(-c2ccccc2F)nn1-c1ccc([N+](=O)[O-])cc1. The van der Waals surface area contributed by atoms with Gasteiger partial charge in [0, 0.05) is 23.7 Å². The Hall–Kier alpha value is -3.55. The zero-order valence-corrected chi connectivity index (χ0v) is 16.3. The summed E-state index contributed by atoms with van der Waals surface area (Å²) in [6.07, 6.45) is 0. The highest BCUT2D eigenvalue weighted by Crippen LogP contribution is 2.25. The first-order valence-electron chi connectivity index (χ1n) is 9.18. The van der Waals surface area contributed by atoms with Gasteiger partial charge in [-0.25, -0.2) is 9.07 Å². The van der Waals surface area contributed by atoms with Crippen molar-refractivity contribution in [3.63, 3.8) is 0 Å². The molecule has 1 amide bonds. The molecule has 0 saturated carbocycles. The first-order valence-corrected chi connectivity index (χ1v) is 9.18. The molecule has 0 bridgehead atoms. The van der Waals surface area contributed by atoms with Gasteiger partial charge < -0.3 is 5.32 Å². The van der Waals surface area contributed by atoms with Gasteiger partial charge in [0.1, 0.15) is 11.5 Å². The van der Waals surface area contributed by atoms with Crippen molar-refractivity contribution in [2.45, 2.75) is 26.8 Å². The van der Waals surface area contributed by atoms with Crippen LogP contribution in [-0.4, -0.2) is 26.7 Å². The zero-order chi connectivity index (χ0) is 21.1. The Morgan fingerprint density at radius 2 is 1.79 bits per heavy atom. The molecule has 1 N–H and O–H groups in total. The normalized spacial score (nSPS) is 12.0. The molecule has 3 rings (SSSR count). The third-order valence-electron chi connectivity index (χ3n) is 4.76. The third kappa shape index (κ3) is 4.31. The first-order chi connectivity index (χ1) is 13.8. The maximum atomic E-state index is 14.3. The second kappa shape index (κ2) is 8.22. The number of carbonyl (C=O) groups is 1. The molecule has 0 fully saturated rings. The van der Waals surface area contributed by atoms with Crippen LogP contribution < -0.4 is 5.32 Å². The molecule has 0 aliphatic heterocycles. The van der Waals surface area contributed by atoms with E-state index < -0.39 is 10.7 Å². The number of nitrogens with zero attached hydrogens (tertiary/aromatic N) is 3. The number of halogens is 1. The molecule has 0 radical (unpaired) electrons. The van der Waals surface area contributed by atoms with Crippen molar-refractivity contribution in [3.05, 3.63) is 76.2 Å². The standard InChI is InChI=1S/C21H21FN4O3/c1-13(2)14(3)23-21(27)20-12-19(17-6-4-5-7-18(17)22)24-25(20)15-8-10-16(11-9-15)26(28)29/h4-14H,1-3H3,(H,23,27)/t14-/m1/s1. The summed E-state index contributed by atoms with van der Waals surface area (Å²) in [6, 6.07) is 13.3. The van der Waals surface area contributed by atoms with Crippen molar-refractivity contribution in [3.8, 4) is 16.9 Å². The molecule has 8 heteroatoms. The lowest BCUT2D eigenvalue weighted by Crippen LogP contribution is -2.37. The Kier molecular flexibility index (Phi) is 5.72. The van der Waals surface area contributed by atoms with E-state index >= 15 is 0 Å². The number of nitrogens with one attached hydrogen (secondary N) is 1. The lowest BCUT2D eigenvalue weighted by atomic mass is 10.1. The monoisotopic (exact) mass is 396 g/mol. The minimum absolute atomic E-state index is 0.0744. The van der Waals surface area contributed by atoms with Crippen LogP contribution in [-0.2, 0) is 0 Å². The van der Waals surface area contributed by atoms with E-state index in [0.29, 0.717) is 11.4 Å². The maximum absolute atomic E-state index is 14.3. The summed E-state index contributed by atoms with van der Waals surface area (Å²) in [5.41, 5.74) is 1.16. The van der Waals surface area contributed by atoms with Gasteiger partial charge in [0.25, 0.3) is 11.6 Å². The smallest absolute Gasteiger partial charge is 0.270 e. The van der Waals surface area contributed by atoms with Gasteiger partial charge in [-0.15, -0.1) is 0 Å². The summed E-state index contributed by atoms with van der Waals surface area (Å²) in [7, 11) is 0.